The van der Waals surface area contributed by atoms with Gasteiger partial charge in [0.15, 0.2) is 5.78 Å². The zero-order valence-electron chi connectivity index (χ0n) is 25.9. The van der Waals surface area contributed by atoms with E-state index in [0.717, 1.165) is 24.8 Å². The van der Waals surface area contributed by atoms with Crippen molar-refractivity contribution in [3.05, 3.63) is 35.4 Å². The number of fused-ring (bicyclic) bond motifs is 1. The van der Waals surface area contributed by atoms with Crippen LogP contribution in [0.25, 0.3) is 0 Å². The van der Waals surface area contributed by atoms with Crippen molar-refractivity contribution >= 4 is 23.7 Å². The molecule has 0 saturated carbocycles. The molecule has 8 heteroatoms. The van der Waals surface area contributed by atoms with E-state index in [-0.39, 0.29) is 36.0 Å². The Balaban J connectivity index is 1.75. The lowest BCUT2D eigenvalue weighted by atomic mass is 9.76. The number of ether oxygens (including phenoxy) is 1. The van der Waals surface area contributed by atoms with E-state index in [9.17, 15) is 19.2 Å². The second-order valence-corrected chi connectivity index (χ2v) is 13.9. The van der Waals surface area contributed by atoms with Crippen LogP contribution in [-0.2, 0) is 25.5 Å². The Morgan fingerprint density at radius 1 is 1.10 bits per heavy atom. The first-order valence-corrected chi connectivity index (χ1v) is 14.7. The van der Waals surface area contributed by atoms with Crippen LogP contribution in [0.2, 0.25) is 0 Å². The van der Waals surface area contributed by atoms with E-state index < -0.39 is 35.1 Å². The Bertz CT molecular complexity index is 1100. The summed E-state index contributed by atoms with van der Waals surface area (Å²) in [5, 5.41) is 3.25. The monoisotopic (exact) mass is 555 g/mol. The number of hydrogen-bond acceptors (Lipinski definition) is 5. The average Bonchev–Trinajstić information content (AvgIpc) is 3.26. The minimum atomic E-state index is -0.754. The minimum Gasteiger partial charge on any atom is -0.444 e. The molecule has 1 aromatic carbocycles. The van der Waals surface area contributed by atoms with Gasteiger partial charge in [0.2, 0.25) is 11.8 Å². The third-order valence-electron chi connectivity index (χ3n) is 8.26. The lowest BCUT2D eigenvalue weighted by Gasteiger charge is -2.36. The van der Waals surface area contributed by atoms with E-state index in [2.05, 4.69) is 24.4 Å². The van der Waals surface area contributed by atoms with Gasteiger partial charge in [0.05, 0.1) is 12.1 Å². The van der Waals surface area contributed by atoms with Gasteiger partial charge in [-0.2, -0.15) is 0 Å². The molecule has 1 unspecified atom stereocenters. The molecule has 2 aliphatic rings. The summed E-state index contributed by atoms with van der Waals surface area (Å²) in [4.78, 5) is 56.6. The third kappa shape index (κ3) is 7.64. The molecule has 1 fully saturated rings. The summed E-state index contributed by atoms with van der Waals surface area (Å²) in [6.07, 6.45) is 2.88. The second-order valence-electron chi connectivity index (χ2n) is 13.9. The summed E-state index contributed by atoms with van der Waals surface area (Å²) >= 11 is 0. The van der Waals surface area contributed by atoms with E-state index >= 15 is 0 Å². The molecule has 0 bridgehead atoms. The standard InChI is InChI=1S/C32H49N3O5/c1-20-17-26(28(37)33-25-16-12-14-22-13-10-11-15-23(22)25)35(19-20)29(38)24(31(3,4)5)18-27(36)21(2)34(9)30(39)40-32(6,7)8/h10-11,13,15,20-21,24-26H,12,14,16-19H2,1-9H3,(H,33,37)/t20-,21-,24+,25?,26-/m0/s1. The van der Waals surface area contributed by atoms with Gasteiger partial charge >= 0.3 is 6.09 Å². The molecule has 1 N–H and O–H groups in total. The van der Waals surface area contributed by atoms with Crippen LogP contribution in [0.3, 0.4) is 0 Å². The molecule has 1 heterocycles. The molecule has 0 aromatic heterocycles. The van der Waals surface area contributed by atoms with Crippen molar-refractivity contribution in [2.75, 3.05) is 13.6 Å². The number of nitrogens with zero attached hydrogens (tertiary/aromatic N) is 2. The van der Waals surface area contributed by atoms with Crippen molar-refractivity contribution in [1.29, 1.82) is 0 Å². The van der Waals surface area contributed by atoms with Crippen molar-refractivity contribution in [3.63, 3.8) is 0 Å². The summed E-state index contributed by atoms with van der Waals surface area (Å²) in [5.74, 6) is -0.982. The summed E-state index contributed by atoms with van der Waals surface area (Å²) in [5.41, 5.74) is 1.22. The first-order valence-electron chi connectivity index (χ1n) is 14.7. The summed E-state index contributed by atoms with van der Waals surface area (Å²) < 4.78 is 5.42. The van der Waals surface area contributed by atoms with Crippen LogP contribution in [0, 0.1) is 17.3 Å². The van der Waals surface area contributed by atoms with Gasteiger partial charge in [-0.05, 0) is 75.8 Å². The van der Waals surface area contributed by atoms with Gasteiger partial charge in [-0.1, -0.05) is 52.0 Å². The number of carbonyl (C=O) groups is 4. The van der Waals surface area contributed by atoms with Gasteiger partial charge in [0, 0.05) is 25.9 Å². The maximum absolute atomic E-state index is 14.1. The quantitative estimate of drug-likeness (QED) is 0.493. The van der Waals surface area contributed by atoms with Crippen molar-refractivity contribution < 1.29 is 23.9 Å². The SMILES string of the molecule is C[C@H]1C[C@@H](C(=O)NC2CCCc3ccccc32)N(C(=O)[C@@H](CC(=O)[C@H](C)N(C)C(=O)OC(C)(C)C)C(C)(C)C)C1. The Morgan fingerprint density at radius 3 is 2.38 bits per heavy atom. The van der Waals surface area contributed by atoms with Crippen LogP contribution in [0.5, 0.6) is 0 Å². The first-order chi connectivity index (χ1) is 18.5. The summed E-state index contributed by atoms with van der Waals surface area (Å²) in [6, 6.07) is 6.85. The number of aryl methyl sites for hydroxylation is 1. The second kappa shape index (κ2) is 12.3. The van der Waals surface area contributed by atoms with E-state index in [4.69, 9.17) is 4.74 Å². The number of benzene rings is 1. The molecule has 1 aliphatic carbocycles. The van der Waals surface area contributed by atoms with Crippen molar-refractivity contribution in [2.45, 2.75) is 111 Å². The van der Waals surface area contributed by atoms with Gasteiger partial charge in [-0.3, -0.25) is 14.4 Å². The maximum atomic E-state index is 14.1. The largest absolute Gasteiger partial charge is 0.444 e. The molecule has 0 spiro atoms. The number of Topliss-reactive ketones (excluding diaryl/α,β-unsaturated/α-hetero) is 1. The highest BCUT2D eigenvalue weighted by molar-refractivity contribution is 5.94. The fourth-order valence-electron chi connectivity index (χ4n) is 5.75. The number of likely N-dealkylation sites (tertiary alicyclic amines) is 1. The Morgan fingerprint density at radius 2 is 1.75 bits per heavy atom. The van der Waals surface area contributed by atoms with Crippen molar-refractivity contribution in [1.82, 2.24) is 15.1 Å². The molecular weight excluding hydrogens is 506 g/mol. The fourth-order valence-corrected chi connectivity index (χ4v) is 5.75. The lowest BCUT2D eigenvalue weighted by molar-refractivity contribution is -0.146. The summed E-state index contributed by atoms with van der Waals surface area (Å²) in [7, 11) is 1.54. The highest BCUT2D eigenvalue weighted by Crippen LogP contribution is 2.36. The normalized spacial score (nSPS) is 22.6. The first kappa shape index (κ1) is 31.6. The van der Waals surface area contributed by atoms with Crippen molar-refractivity contribution in [2.24, 2.45) is 17.3 Å². The van der Waals surface area contributed by atoms with Gasteiger partial charge < -0.3 is 19.9 Å². The Kier molecular flexibility index (Phi) is 9.74. The van der Waals surface area contributed by atoms with E-state index in [1.54, 1.807) is 32.6 Å². The number of amides is 3. The molecular formula is C32H49N3O5. The highest BCUT2D eigenvalue weighted by Gasteiger charge is 2.45. The molecule has 1 aromatic rings. The fraction of sp³-hybridized carbons (Fsp3) is 0.688. The maximum Gasteiger partial charge on any atom is 0.410 e. The average molecular weight is 556 g/mol. The van der Waals surface area contributed by atoms with Gasteiger partial charge in [-0.25, -0.2) is 4.79 Å². The predicted molar refractivity (Wildman–Crippen MR) is 156 cm³/mol. The molecule has 1 aliphatic heterocycles. The van der Waals surface area contributed by atoms with Crippen LogP contribution in [0.15, 0.2) is 24.3 Å². The number of likely N-dealkylation sites (N-methyl/N-ethyl adjacent to an activating group) is 1. The number of nitrogens with one attached hydrogen (secondary N) is 1. The predicted octanol–water partition coefficient (Wildman–Crippen LogP) is 5.29. The summed E-state index contributed by atoms with van der Waals surface area (Å²) in [6.45, 7) is 15.3. The molecule has 222 valence electrons. The zero-order valence-corrected chi connectivity index (χ0v) is 25.9. The Labute approximate surface area is 240 Å². The van der Waals surface area contributed by atoms with Crippen molar-refractivity contribution in [3.8, 4) is 0 Å². The molecule has 40 heavy (non-hydrogen) atoms. The molecule has 0 radical (unpaired) electrons. The number of carbonyl (C=O) groups excluding carboxylic acids is 4. The van der Waals surface area contributed by atoms with Crippen LogP contribution < -0.4 is 5.32 Å². The highest BCUT2D eigenvalue weighted by atomic mass is 16.6. The van der Waals surface area contributed by atoms with Crippen LogP contribution >= 0.6 is 0 Å². The molecule has 8 nitrogen and oxygen atoms in total. The Hall–Kier alpha value is -2.90. The number of hydrogen-bond donors (Lipinski definition) is 1. The van der Waals surface area contributed by atoms with Gasteiger partial charge in [0.25, 0.3) is 0 Å². The van der Waals surface area contributed by atoms with E-state index in [0.29, 0.717) is 13.0 Å². The molecule has 5 atom stereocenters. The molecule has 1 saturated heterocycles. The third-order valence-corrected chi connectivity index (χ3v) is 8.26. The van der Waals surface area contributed by atoms with Gasteiger partial charge in [-0.15, -0.1) is 0 Å². The van der Waals surface area contributed by atoms with Crippen LogP contribution in [0.1, 0.15) is 98.2 Å². The van der Waals surface area contributed by atoms with Crippen LogP contribution in [-0.4, -0.2) is 64.8 Å². The lowest BCUT2D eigenvalue weighted by Crippen LogP contribution is -2.51. The molecule has 3 rings (SSSR count). The number of rotatable bonds is 7. The van der Waals surface area contributed by atoms with E-state index in [1.807, 2.05) is 32.9 Å². The molecule has 3 amide bonds. The van der Waals surface area contributed by atoms with E-state index in [1.165, 1.54) is 17.5 Å². The van der Waals surface area contributed by atoms with Gasteiger partial charge in [0.1, 0.15) is 11.6 Å². The topological polar surface area (TPSA) is 96.0 Å². The van der Waals surface area contributed by atoms with Crippen LogP contribution in [0.4, 0.5) is 4.79 Å². The zero-order chi connectivity index (χ0) is 30.0. The minimum absolute atomic E-state index is 0.0220. The number of ketones is 1. The smallest absolute Gasteiger partial charge is 0.410 e.